The largest absolute Gasteiger partial charge is 0.220 e. The van der Waals surface area contributed by atoms with Crippen LogP contribution in [0.1, 0.15) is 5.69 Å². The Morgan fingerprint density at radius 1 is 1.24 bits per heavy atom. The Bertz CT molecular complexity index is 518. The lowest BCUT2D eigenvalue weighted by atomic mass is 10.3. The molecule has 2 rings (SSSR count). The van der Waals surface area contributed by atoms with Crippen molar-refractivity contribution in [1.82, 2.24) is 15.0 Å². The maximum absolute atomic E-state index is 13.2. The van der Waals surface area contributed by atoms with Gasteiger partial charge in [-0.2, -0.15) is 0 Å². The third-order valence-electron chi connectivity index (χ3n) is 2.12. The zero-order valence-electron chi connectivity index (χ0n) is 8.50. The summed E-state index contributed by atoms with van der Waals surface area (Å²) in [5, 5.41) is 7.69. The molecule has 0 bridgehead atoms. The van der Waals surface area contributed by atoms with Gasteiger partial charge in [-0.15, -0.1) is 16.7 Å². The summed E-state index contributed by atoms with van der Waals surface area (Å²) in [6.07, 6.45) is 2.31. The molecule has 0 fully saturated rings. The monoisotopic (exact) mass is 293 g/mol. The van der Waals surface area contributed by atoms with Crippen LogP contribution in [0.15, 0.2) is 18.3 Å². The Balaban J connectivity index is 2.39. The summed E-state index contributed by atoms with van der Waals surface area (Å²) in [6, 6.07) is 2.86. The van der Waals surface area contributed by atoms with E-state index in [9.17, 15) is 4.39 Å². The SMILES string of the molecule is Fc1c(Cl)cc(-n2cc(CCCl)nn2)cc1Cl. The fourth-order valence-electron chi connectivity index (χ4n) is 1.31. The third-order valence-corrected chi connectivity index (χ3v) is 2.86. The molecule has 0 saturated carbocycles. The second-order valence-corrected chi connectivity index (χ2v) is 4.51. The molecule has 0 saturated heterocycles. The van der Waals surface area contributed by atoms with Crippen LogP contribution in [0, 0.1) is 5.82 Å². The molecule has 0 aliphatic heterocycles. The standard InChI is InChI=1S/C10H7Cl3FN3/c11-2-1-6-5-17(16-15-6)7-3-8(12)10(14)9(13)4-7/h3-5H,1-2H2. The van der Waals surface area contributed by atoms with E-state index in [1.807, 2.05) is 0 Å². The van der Waals surface area contributed by atoms with Crippen LogP contribution in [-0.4, -0.2) is 20.9 Å². The van der Waals surface area contributed by atoms with Crippen molar-refractivity contribution in [3.63, 3.8) is 0 Å². The summed E-state index contributed by atoms with van der Waals surface area (Å²) in [6.45, 7) is 0. The van der Waals surface area contributed by atoms with Crippen LogP contribution in [0.3, 0.4) is 0 Å². The second-order valence-electron chi connectivity index (χ2n) is 3.32. The fraction of sp³-hybridized carbons (Fsp3) is 0.200. The van der Waals surface area contributed by atoms with Crippen LogP contribution in [-0.2, 0) is 6.42 Å². The molecule has 3 nitrogen and oxygen atoms in total. The predicted octanol–water partition coefficient (Wildman–Crippen LogP) is 3.49. The smallest absolute Gasteiger partial charge is 0.160 e. The molecule has 1 aromatic carbocycles. The number of aromatic nitrogens is 3. The van der Waals surface area contributed by atoms with Crippen molar-refractivity contribution in [2.45, 2.75) is 6.42 Å². The molecule has 7 heteroatoms. The zero-order valence-corrected chi connectivity index (χ0v) is 10.8. The van der Waals surface area contributed by atoms with Gasteiger partial charge in [-0.05, 0) is 12.1 Å². The minimum absolute atomic E-state index is 0.0538. The van der Waals surface area contributed by atoms with Gasteiger partial charge in [0.25, 0.3) is 0 Å². The first-order valence-electron chi connectivity index (χ1n) is 4.74. The van der Waals surface area contributed by atoms with Gasteiger partial charge in [-0.3, -0.25) is 0 Å². The second kappa shape index (κ2) is 5.21. The molecule has 2 aromatic rings. The van der Waals surface area contributed by atoms with Crippen molar-refractivity contribution in [1.29, 1.82) is 0 Å². The number of nitrogens with zero attached hydrogens (tertiary/aromatic N) is 3. The maximum Gasteiger partial charge on any atom is 0.160 e. The minimum Gasteiger partial charge on any atom is -0.220 e. The van der Waals surface area contributed by atoms with E-state index < -0.39 is 5.82 Å². The van der Waals surface area contributed by atoms with E-state index in [2.05, 4.69) is 10.3 Å². The topological polar surface area (TPSA) is 30.7 Å². The first-order valence-corrected chi connectivity index (χ1v) is 6.03. The molecule has 0 aliphatic rings. The molecule has 0 N–H and O–H groups in total. The van der Waals surface area contributed by atoms with Crippen LogP contribution in [0.5, 0.6) is 0 Å². The molecule has 0 unspecified atom stereocenters. The Morgan fingerprint density at radius 2 is 1.88 bits per heavy atom. The van der Waals surface area contributed by atoms with Gasteiger partial charge in [0.1, 0.15) is 0 Å². The molecule has 90 valence electrons. The average molecular weight is 295 g/mol. The summed E-state index contributed by atoms with van der Waals surface area (Å²) in [5.41, 5.74) is 1.30. The van der Waals surface area contributed by atoms with Crippen molar-refractivity contribution in [2.75, 3.05) is 5.88 Å². The maximum atomic E-state index is 13.2. The van der Waals surface area contributed by atoms with Gasteiger partial charge >= 0.3 is 0 Å². The molecule has 0 aliphatic carbocycles. The van der Waals surface area contributed by atoms with Crippen LogP contribution in [0.25, 0.3) is 5.69 Å². The first kappa shape index (κ1) is 12.6. The number of hydrogen-bond donors (Lipinski definition) is 0. The Labute approximate surface area is 112 Å². The highest BCUT2D eigenvalue weighted by Gasteiger charge is 2.10. The Hall–Kier alpha value is -0.840. The lowest BCUT2D eigenvalue weighted by Crippen LogP contribution is -1.96. The van der Waals surface area contributed by atoms with Gasteiger partial charge in [0.2, 0.25) is 0 Å². The van der Waals surface area contributed by atoms with Crippen molar-refractivity contribution >= 4 is 34.8 Å². The van der Waals surface area contributed by atoms with Crippen molar-refractivity contribution in [3.8, 4) is 5.69 Å². The molecular weight excluding hydrogens is 287 g/mol. The van der Waals surface area contributed by atoms with Crippen LogP contribution < -0.4 is 0 Å². The minimum atomic E-state index is -0.641. The van der Waals surface area contributed by atoms with E-state index in [1.54, 1.807) is 6.20 Å². The molecular formula is C10H7Cl3FN3. The van der Waals surface area contributed by atoms with E-state index >= 15 is 0 Å². The highest BCUT2D eigenvalue weighted by molar-refractivity contribution is 6.35. The number of aryl methyl sites for hydroxylation is 1. The molecule has 0 amide bonds. The molecule has 0 radical (unpaired) electrons. The van der Waals surface area contributed by atoms with E-state index in [-0.39, 0.29) is 10.0 Å². The van der Waals surface area contributed by atoms with Gasteiger partial charge < -0.3 is 0 Å². The number of alkyl halides is 1. The number of halogens is 4. The average Bonchev–Trinajstić information content (AvgIpc) is 2.74. The number of hydrogen-bond acceptors (Lipinski definition) is 2. The Morgan fingerprint density at radius 3 is 2.47 bits per heavy atom. The quantitative estimate of drug-likeness (QED) is 0.641. The van der Waals surface area contributed by atoms with Crippen molar-refractivity contribution in [3.05, 3.63) is 39.9 Å². The van der Waals surface area contributed by atoms with Gasteiger partial charge in [-0.1, -0.05) is 28.4 Å². The Kier molecular flexibility index (Phi) is 3.86. The highest BCUT2D eigenvalue weighted by Crippen LogP contribution is 2.26. The van der Waals surface area contributed by atoms with Crippen LogP contribution in [0.2, 0.25) is 10.0 Å². The van der Waals surface area contributed by atoms with E-state index in [1.165, 1.54) is 16.8 Å². The number of benzene rings is 1. The van der Waals surface area contributed by atoms with Crippen molar-refractivity contribution in [2.24, 2.45) is 0 Å². The summed E-state index contributed by atoms with van der Waals surface area (Å²) in [4.78, 5) is 0. The van der Waals surface area contributed by atoms with Crippen LogP contribution >= 0.6 is 34.8 Å². The van der Waals surface area contributed by atoms with Gasteiger partial charge in [0.05, 0.1) is 27.6 Å². The number of rotatable bonds is 3. The molecule has 17 heavy (non-hydrogen) atoms. The first-order chi connectivity index (χ1) is 8.11. The van der Waals surface area contributed by atoms with Gasteiger partial charge in [0.15, 0.2) is 5.82 Å². The van der Waals surface area contributed by atoms with E-state index in [0.717, 1.165) is 5.69 Å². The van der Waals surface area contributed by atoms with Gasteiger partial charge in [0, 0.05) is 12.3 Å². The lowest BCUT2D eigenvalue weighted by Gasteiger charge is -2.03. The summed E-state index contributed by atoms with van der Waals surface area (Å²) < 4.78 is 14.7. The molecule has 0 spiro atoms. The normalized spacial score (nSPS) is 10.8. The van der Waals surface area contributed by atoms with Crippen molar-refractivity contribution < 1.29 is 4.39 Å². The van der Waals surface area contributed by atoms with Crippen LogP contribution in [0.4, 0.5) is 4.39 Å². The highest BCUT2D eigenvalue weighted by atomic mass is 35.5. The molecule has 1 heterocycles. The van der Waals surface area contributed by atoms with Gasteiger partial charge in [-0.25, -0.2) is 9.07 Å². The zero-order chi connectivity index (χ0) is 12.4. The lowest BCUT2D eigenvalue weighted by molar-refractivity contribution is 0.627. The van der Waals surface area contributed by atoms with E-state index in [0.29, 0.717) is 18.0 Å². The summed E-state index contributed by atoms with van der Waals surface area (Å²) >= 11 is 17.0. The molecule has 1 aromatic heterocycles. The third kappa shape index (κ3) is 2.70. The molecule has 0 atom stereocenters. The predicted molar refractivity (Wildman–Crippen MR) is 65.8 cm³/mol. The summed E-state index contributed by atoms with van der Waals surface area (Å²) in [7, 11) is 0. The summed E-state index contributed by atoms with van der Waals surface area (Å²) in [5.74, 6) is -0.179. The van der Waals surface area contributed by atoms with E-state index in [4.69, 9.17) is 34.8 Å². The fourth-order valence-corrected chi connectivity index (χ4v) is 1.98.